The molecule has 222 valence electrons. The highest BCUT2D eigenvalue weighted by Gasteiger charge is 2.37. The number of benzene rings is 1. The molecule has 4 rings (SSSR count). The molecule has 1 spiro atoms. The van der Waals surface area contributed by atoms with Crippen molar-refractivity contribution >= 4 is 36.7 Å². The van der Waals surface area contributed by atoms with Gasteiger partial charge in [0.25, 0.3) is 0 Å². The van der Waals surface area contributed by atoms with Gasteiger partial charge in [0.05, 0.1) is 6.04 Å². The van der Waals surface area contributed by atoms with E-state index in [-0.39, 0.29) is 11.9 Å². The van der Waals surface area contributed by atoms with Gasteiger partial charge in [0.2, 0.25) is 5.91 Å². The summed E-state index contributed by atoms with van der Waals surface area (Å²) in [5, 5.41) is 5.54. The maximum Gasteiger partial charge on any atom is 0.237 e. The molecule has 1 atom stereocenters. The molecule has 0 aromatic heterocycles. The van der Waals surface area contributed by atoms with Crippen molar-refractivity contribution in [1.82, 2.24) is 20.4 Å². The van der Waals surface area contributed by atoms with Gasteiger partial charge in [0, 0.05) is 62.4 Å². The minimum absolute atomic E-state index is 0.0400. The van der Waals surface area contributed by atoms with Gasteiger partial charge in [0.15, 0.2) is 12.6 Å². The quantitative estimate of drug-likeness (QED) is 0.437. The summed E-state index contributed by atoms with van der Waals surface area (Å²) in [4.78, 5) is 60.0. The fourth-order valence-electron chi connectivity index (χ4n) is 5.32. The molecule has 0 aliphatic carbocycles. The number of likely N-dealkylation sites (N-methyl/N-ethyl adjacent to an activating group) is 2. The third-order valence-corrected chi connectivity index (χ3v) is 8.31. The van der Waals surface area contributed by atoms with Crippen LogP contribution in [0.2, 0.25) is 0 Å². The molecule has 1 unspecified atom stereocenters. The number of carbonyl (C=O) groups is 5. The molecule has 1 amide bonds. The number of nitrogens with zero attached hydrogens (tertiary/aromatic N) is 3. The third-order valence-electron chi connectivity index (χ3n) is 8.31. The van der Waals surface area contributed by atoms with Gasteiger partial charge >= 0.3 is 0 Å². The molecule has 0 saturated carbocycles. The highest BCUT2D eigenvalue weighted by Crippen LogP contribution is 2.42. The van der Waals surface area contributed by atoms with Gasteiger partial charge in [0.1, 0.15) is 12.6 Å². The summed E-state index contributed by atoms with van der Waals surface area (Å²) in [7, 11) is 7.44. The van der Waals surface area contributed by atoms with Crippen LogP contribution in [-0.4, -0.2) is 114 Å². The topological polar surface area (TPSA) is 119 Å². The van der Waals surface area contributed by atoms with E-state index in [0.29, 0.717) is 35.3 Å². The first kappa shape index (κ1) is 33.3. The van der Waals surface area contributed by atoms with Gasteiger partial charge in [-0.2, -0.15) is 0 Å². The Morgan fingerprint density at radius 2 is 1.68 bits per heavy atom. The highest BCUT2D eigenvalue weighted by atomic mass is 16.2. The van der Waals surface area contributed by atoms with Crippen molar-refractivity contribution in [3.8, 4) is 0 Å². The average Bonchev–Trinajstić information content (AvgIpc) is 2.94. The monoisotopic (exact) mass is 557 g/mol. The molecule has 3 fully saturated rings. The molecule has 1 aromatic rings. The first-order valence-corrected chi connectivity index (χ1v) is 14.2. The van der Waals surface area contributed by atoms with Gasteiger partial charge < -0.3 is 30.0 Å². The molecule has 10 heteroatoms. The van der Waals surface area contributed by atoms with E-state index < -0.39 is 0 Å². The van der Waals surface area contributed by atoms with Crippen LogP contribution in [0.5, 0.6) is 0 Å². The number of nitrogens with one attached hydrogen (secondary N) is 2. The zero-order valence-corrected chi connectivity index (χ0v) is 24.6. The molecule has 40 heavy (non-hydrogen) atoms. The standard InChI is InChI=1S/C18H24N2O2.C8H16N2O2.C4H7NO/c1-19-9-5-18(6-10-19)7-11-20(12-8-18)17-4-2-3-15(13-21)16(17)14-22;1-9-8(12)7(10(2)3)5-4-6-11;6-3-4-1-5-2-4/h2-4,13-14H,5-12H2,1H3;6-7H,4-5H2,1-3H3,(H,9,12);3-5H,1-2H2. The van der Waals surface area contributed by atoms with Crippen LogP contribution in [0.4, 0.5) is 5.69 Å². The van der Waals surface area contributed by atoms with E-state index in [1.54, 1.807) is 13.1 Å². The zero-order valence-electron chi connectivity index (χ0n) is 24.6. The third kappa shape index (κ3) is 9.60. The number of rotatable bonds is 9. The van der Waals surface area contributed by atoms with Crippen molar-refractivity contribution in [2.45, 2.75) is 44.6 Å². The van der Waals surface area contributed by atoms with Gasteiger partial charge in [-0.15, -0.1) is 0 Å². The molecule has 3 aliphatic heterocycles. The number of anilines is 1. The maximum atomic E-state index is 11.4. The number of carbonyl (C=O) groups excluding carboxylic acids is 5. The molecule has 0 bridgehead atoms. The Kier molecular flexibility index (Phi) is 14.1. The summed E-state index contributed by atoms with van der Waals surface area (Å²) in [6, 6.07) is 5.35. The second-order valence-electron chi connectivity index (χ2n) is 11.2. The summed E-state index contributed by atoms with van der Waals surface area (Å²) in [6.45, 7) is 6.13. The Balaban J connectivity index is 0.000000260. The molecular formula is C30H47N5O5. The van der Waals surface area contributed by atoms with E-state index in [2.05, 4.69) is 27.5 Å². The van der Waals surface area contributed by atoms with E-state index in [4.69, 9.17) is 0 Å². The molecule has 3 saturated heterocycles. The second kappa shape index (κ2) is 17.0. The molecule has 0 radical (unpaired) electrons. The highest BCUT2D eigenvalue weighted by molar-refractivity contribution is 5.96. The summed E-state index contributed by atoms with van der Waals surface area (Å²) in [5.74, 6) is 0.284. The number of aldehydes is 4. The minimum atomic E-state index is -0.194. The molecule has 3 aliphatic rings. The molecule has 2 N–H and O–H groups in total. The van der Waals surface area contributed by atoms with Crippen LogP contribution in [-0.2, 0) is 14.4 Å². The zero-order chi connectivity index (χ0) is 29.5. The number of amides is 1. The van der Waals surface area contributed by atoms with Gasteiger partial charge in [-0.3, -0.25) is 19.3 Å². The van der Waals surface area contributed by atoms with Gasteiger partial charge in [-0.05, 0) is 77.8 Å². The predicted octanol–water partition coefficient (Wildman–Crippen LogP) is 1.67. The first-order valence-electron chi connectivity index (χ1n) is 14.2. The molecule has 3 heterocycles. The summed E-state index contributed by atoms with van der Waals surface area (Å²) >= 11 is 0. The van der Waals surface area contributed by atoms with Crippen molar-refractivity contribution in [3.63, 3.8) is 0 Å². The Morgan fingerprint density at radius 3 is 2.10 bits per heavy atom. The minimum Gasteiger partial charge on any atom is -0.371 e. The number of piperidine rings is 2. The molecule has 10 nitrogen and oxygen atoms in total. The lowest BCUT2D eigenvalue weighted by atomic mass is 9.71. The summed E-state index contributed by atoms with van der Waals surface area (Å²) in [5.41, 5.74) is 2.44. The lowest BCUT2D eigenvalue weighted by Crippen LogP contribution is -2.46. The lowest BCUT2D eigenvalue weighted by molar-refractivity contribution is -0.125. The predicted molar refractivity (Wildman–Crippen MR) is 157 cm³/mol. The van der Waals surface area contributed by atoms with Crippen LogP contribution in [0, 0.1) is 11.3 Å². The number of hydrogen-bond acceptors (Lipinski definition) is 9. The molecular weight excluding hydrogens is 510 g/mol. The average molecular weight is 558 g/mol. The van der Waals surface area contributed by atoms with E-state index in [1.807, 2.05) is 31.1 Å². The maximum absolute atomic E-state index is 11.4. The Hall–Kier alpha value is -2.95. The van der Waals surface area contributed by atoms with Crippen molar-refractivity contribution in [2.75, 3.05) is 72.4 Å². The van der Waals surface area contributed by atoms with Crippen LogP contribution in [0.25, 0.3) is 0 Å². The van der Waals surface area contributed by atoms with Crippen LogP contribution < -0.4 is 15.5 Å². The van der Waals surface area contributed by atoms with Crippen LogP contribution in [0.3, 0.4) is 0 Å². The van der Waals surface area contributed by atoms with Crippen molar-refractivity contribution in [1.29, 1.82) is 0 Å². The fraction of sp³-hybridized carbons (Fsp3) is 0.633. The number of likely N-dealkylation sites (tertiary alicyclic amines) is 1. The van der Waals surface area contributed by atoms with Crippen molar-refractivity contribution in [3.05, 3.63) is 29.3 Å². The number of hydrogen-bond donors (Lipinski definition) is 2. The Bertz CT molecular complexity index is 963. The second-order valence-corrected chi connectivity index (χ2v) is 11.2. The smallest absolute Gasteiger partial charge is 0.237 e. The lowest BCUT2D eigenvalue weighted by Gasteiger charge is -2.47. The van der Waals surface area contributed by atoms with E-state index in [0.717, 1.165) is 57.0 Å². The van der Waals surface area contributed by atoms with Crippen molar-refractivity contribution in [2.24, 2.45) is 11.3 Å². The van der Waals surface area contributed by atoms with E-state index in [1.165, 1.54) is 38.8 Å². The SMILES string of the molecule is CN1CCC2(CC1)CCN(c1cccc(C=O)c1C=O)CC2.CNC(=O)C(CCC=O)N(C)C.O=CC1CNC1. The first-order chi connectivity index (χ1) is 19.2. The van der Waals surface area contributed by atoms with E-state index >= 15 is 0 Å². The van der Waals surface area contributed by atoms with Gasteiger partial charge in [-0.25, -0.2) is 0 Å². The van der Waals surface area contributed by atoms with E-state index in [9.17, 15) is 24.0 Å². The Labute approximate surface area is 238 Å². The largest absolute Gasteiger partial charge is 0.371 e. The fourth-order valence-corrected chi connectivity index (χ4v) is 5.32. The van der Waals surface area contributed by atoms with Crippen LogP contribution in [0.1, 0.15) is 59.2 Å². The molecule has 1 aromatic carbocycles. The normalized spacial score (nSPS) is 19.2. The van der Waals surface area contributed by atoms with Crippen molar-refractivity contribution < 1.29 is 24.0 Å². The summed E-state index contributed by atoms with van der Waals surface area (Å²) in [6.07, 6.45) is 9.37. The van der Waals surface area contributed by atoms with Crippen LogP contribution >= 0.6 is 0 Å². The van der Waals surface area contributed by atoms with Gasteiger partial charge in [-0.1, -0.05) is 12.1 Å². The summed E-state index contributed by atoms with van der Waals surface area (Å²) < 4.78 is 0. The Morgan fingerprint density at radius 1 is 1.05 bits per heavy atom. The van der Waals surface area contributed by atoms with Crippen LogP contribution in [0.15, 0.2) is 18.2 Å².